The first-order valence-corrected chi connectivity index (χ1v) is 5.57. The van der Waals surface area contributed by atoms with Crippen LogP contribution in [0.1, 0.15) is 32.6 Å². The van der Waals surface area contributed by atoms with Gasteiger partial charge in [0.1, 0.15) is 0 Å². The molecule has 0 aromatic heterocycles. The molecule has 2 nitrogen and oxygen atoms in total. The van der Waals surface area contributed by atoms with E-state index in [0.717, 1.165) is 25.7 Å². The highest BCUT2D eigenvalue weighted by Gasteiger charge is 2.28. The minimum atomic E-state index is 0.410. The average Bonchev–Trinajstić information content (AvgIpc) is 2.89. The van der Waals surface area contributed by atoms with E-state index in [2.05, 4.69) is 12.2 Å². The Morgan fingerprint density at radius 2 is 2.31 bits per heavy atom. The lowest BCUT2D eigenvalue weighted by molar-refractivity contribution is 0.0336. The monoisotopic (exact) mass is 183 g/mol. The first-order chi connectivity index (χ1) is 6.29. The number of hydrogen-bond acceptors (Lipinski definition) is 2. The Hall–Kier alpha value is -0.0800. The fraction of sp³-hybridized carbons (Fsp3) is 1.00. The summed E-state index contributed by atoms with van der Waals surface area (Å²) in [6.07, 6.45) is 5.43. The van der Waals surface area contributed by atoms with E-state index in [-0.39, 0.29) is 0 Å². The maximum absolute atomic E-state index is 5.76. The topological polar surface area (TPSA) is 21.3 Å². The smallest absolute Gasteiger partial charge is 0.0532 e. The normalized spacial score (nSPS) is 34.8. The summed E-state index contributed by atoms with van der Waals surface area (Å²) in [4.78, 5) is 0. The van der Waals surface area contributed by atoms with Crippen LogP contribution in [0, 0.1) is 11.3 Å². The molecule has 0 spiro atoms. The van der Waals surface area contributed by atoms with E-state index in [9.17, 15) is 0 Å². The number of ether oxygens (including phenoxy) is 1. The average molecular weight is 183 g/mol. The van der Waals surface area contributed by atoms with Gasteiger partial charge < -0.3 is 10.1 Å². The van der Waals surface area contributed by atoms with Crippen molar-refractivity contribution in [3.05, 3.63) is 0 Å². The van der Waals surface area contributed by atoms with Crippen LogP contribution in [-0.4, -0.2) is 26.3 Å². The van der Waals surface area contributed by atoms with Crippen LogP contribution in [0.3, 0.4) is 0 Å². The van der Waals surface area contributed by atoms with E-state index in [1.807, 2.05) is 0 Å². The van der Waals surface area contributed by atoms with Gasteiger partial charge in [0.2, 0.25) is 0 Å². The molecule has 0 unspecified atom stereocenters. The Kier molecular flexibility index (Phi) is 2.89. The van der Waals surface area contributed by atoms with Crippen LogP contribution in [-0.2, 0) is 4.74 Å². The molecule has 1 saturated heterocycles. The highest BCUT2D eigenvalue weighted by molar-refractivity contribution is 4.81. The number of piperidine rings is 1. The van der Waals surface area contributed by atoms with E-state index in [4.69, 9.17) is 4.74 Å². The lowest BCUT2D eigenvalue weighted by Gasteiger charge is -2.33. The van der Waals surface area contributed by atoms with Crippen LogP contribution >= 0.6 is 0 Å². The van der Waals surface area contributed by atoms with E-state index < -0.39 is 0 Å². The molecule has 0 bridgehead atoms. The molecule has 0 aromatic carbocycles. The molecule has 13 heavy (non-hydrogen) atoms. The van der Waals surface area contributed by atoms with Crippen molar-refractivity contribution in [2.24, 2.45) is 11.3 Å². The van der Waals surface area contributed by atoms with Gasteiger partial charge in [0.15, 0.2) is 0 Å². The van der Waals surface area contributed by atoms with Crippen LogP contribution in [0.4, 0.5) is 0 Å². The van der Waals surface area contributed by atoms with Gasteiger partial charge in [-0.2, -0.15) is 0 Å². The highest BCUT2D eigenvalue weighted by Crippen LogP contribution is 2.31. The van der Waals surface area contributed by atoms with E-state index in [1.165, 1.54) is 32.2 Å². The summed E-state index contributed by atoms with van der Waals surface area (Å²) in [5, 5.41) is 3.45. The maximum Gasteiger partial charge on any atom is 0.0532 e. The Morgan fingerprint density at radius 1 is 1.46 bits per heavy atom. The van der Waals surface area contributed by atoms with Crippen molar-refractivity contribution < 1.29 is 4.74 Å². The second-order valence-corrected chi connectivity index (χ2v) is 5.05. The van der Waals surface area contributed by atoms with Crippen LogP contribution in [0.2, 0.25) is 0 Å². The molecule has 1 aliphatic heterocycles. The SMILES string of the molecule is C[C@]1(COCC2CC2)CCCNC1. The Bertz CT molecular complexity index is 159. The van der Waals surface area contributed by atoms with Gasteiger partial charge >= 0.3 is 0 Å². The maximum atomic E-state index is 5.76. The summed E-state index contributed by atoms with van der Waals surface area (Å²) in [7, 11) is 0. The molecule has 2 heteroatoms. The van der Waals surface area contributed by atoms with Crippen molar-refractivity contribution in [2.75, 3.05) is 26.3 Å². The van der Waals surface area contributed by atoms with Crippen molar-refractivity contribution in [3.63, 3.8) is 0 Å². The number of rotatable bonds is 4. The van der Waals surface area contributed by atoms with Gasteiger partial charge in [0, 0.05) is 18.6 Å². The van der Waals surface area contributed by atoms with Crippen molar-refractivity contribution in [3.8, 4) is 0 Å². The van der Waals surface area contributed by atoms with Gasteiger partial charge in [-0.3, -0.25) is 0 Å². The summed E-state index contributed by atoms with van der Waals surface area (Å²) in [5.41, 5.74) is 0.410. The Balaban J connectivity index is 1.64. The number of nitrogens with one attached hydrogen (secondary N) is 1. The van der Waals surface area contributed by atoms with Gasteiger partial charge in [-0.05, 0) is 38.1 Å². The predicted octanol–water partition coefficient (Wildman–Crippen LogP) is 1.80. The van der Waals surface area contributed by atoms with Gasteiger partial charge in [-0.15, -0.1) is 0 Å². The van der Waals surface area contributed by atoms with Crippen LogP contribution in [0.25, 0.3) is 0 Å². The lowest BCUT2D eigenvalue weighted by Crippen LogP contribution is -2.41. The zero-order chi connectivity index (χ0) is 9.15. The standard InChI is InChI=1S/C11H21NO/c1-11(5-2-6-12-8-11)9-13-7-10-3-4-10/h10,12H,2-9H2,1H3/t11-/m0/s1. The van der Waals surface area contributed by atoms with Gasteiger partial charge in [0.05, 0.1) is 6.61 Å². The molecule has 1 atom stereocenters. The summed E-state index contributed by atoms with van der Waals surface area (Å²) in [6.45, 7) is 6.63. The summed E-state index contributed by atoms with van der Waals surface area (Å²) in [5.74, 6) is 0.903. The minimum absolute atomic E-state index is 0.410. The zero-order valence-corrected chi connectivity index (χ0v) is 8.64. The molecule has 2 aliphatic rings. The first kappa shape index (κ1) is 9.47. The predicted molar refractivity (Wildman–Crippen MR) is 53.8 cm³/mol. The summed E-state index contributed by atoms with van der Waals surface area (Å²) < 4.78 is 5.76. The molecule has 2 rings (SSSR count). The molecule has 76 valence electrons. The lowest BCUT2D eigenvalue weighted by atomic mass is 9.84. The second-order valence-electron chi connectivity index (χ2n) is 5.05. The van der Waals surface area contributed by atoms with Crippen LogP contribution in [0.5, 0.6) is 0 Å². The van der Waals surface area contributed by atoms with Gasteiger partial charge in [-0.1, -0.05) is 6.92 Å². The quantitative estimate of drug-likeness (QED) is 0.717. The fourth-order valence-electron chi connectivity index (χ4n) is 2.00. The van der Waals surface area contributed by atoms with E-state index >= 15 is 0 Å². The molecule has 2 fully saturated rings. The Labute approximate surface area is 81.0 Å². The van der Waals surface area contributed by atoms with Crippen molar-refractivity contribution in [2.45, 2.75) is 32.6 Å². The molecule has 1 heterocycles. The molecular formula is C11H21NO. The van der Waals surface area contributed by atoms with Crippen LogP contribution in [0.15, 0.2) is 0 Å². The third-order valence-electron chi connectivity index (χ3n) is 3.19. The molecule has 1 N–H and O–H groups in total. The third kappa shape index (κ3) is 2.96. The fourth-order valence-corrected chi connectivity index (χ4v) is 2.00. The van der Waals surface area contributed by atoms with Crippen molar-refractivity contribution in [1.29, 1.82) is 0 Å². The zero-order valence-electron chi connectivity index (χ0n) is 8.64. The highest BCUT2D eigenvalue weighted by atomic mass is 16.5. The molecule has 0 amide bonds. The minimum Gasteiger partial charge on any atom is -0.381 e. The molecule has 0 radical (unpaired) electrons. The van der Waals surface area contributed by atoms with Gasteiger partial charge in [0.25, 0.3) is 0 Å². The molecule has 1 saturated carbocycles. The second kappa shape index (κ2) is 3.97. The van der Waals surface area contributed by atoms with Gasteiger partial charge in [-0.25, -0.2) is 0 Å². The van der Waals surface area contributed by atoms with Crippen LogP contribution < -0.4 is 5.32 Å². The molecule has 0 aromatic rings. The van der Waals surface area contributed by atoms with Crippen molar-refractivity contribution in [1.82, 2.24) is 5.32 Å². The summed E-state index contributed by atoms with van der Waals surface area (Å²) in [6, 6.07) is 0. The third-order valence-corrected chi connectivity index (χ3v) is 3.19. The van der Waals surface area contributed by atoms with E-state index in [1.54, 1.807) is 0 Å². The Morgan fingerprint density at radius 3 is 2.92 bits per heavy atom. The largest absolute Gasteiger partial charge is 0.381 e. The first-order valence-electron chi connectivity index (χ1n) is 5.57. The summed E-state index contributed by atoms with van der Waals surface area (Å²) >= 11 is 0. The van der Waals surface area contributed by atoms with E-state index in [0.29, 0.717) is 5.41 Å². The van der Waals surface area contributed by atoms with Crippen molar-refractivity contribution >= 4 is 0 Å². The number of hydrogen-bond donors (Lipinski definition) is 1. The molecular weight excluding hydrogens is 162 g/mol. The molecule has 1 aliphatic carbocycles.